The summed E-state index contributed by atoms with van der Waals surface area (Å²) in [5, 5.41) is 20.0. The van der Waals surface area contributed by atoms with E-state index in [4.69, 9.17) is 0 Å². The van der Waals surface area contributed by atoms with E-state index < -0.39 is 0 Å². The van der Waals surface area contributed by atoms with Gasteiger partial charge >= 0.3 is 0 Å². The number of thioether (sulfide) groups is 1. The highest BCUT2D eigenvalue weighted by Gasteiger charge is 2.20. The van der Waals surface area contributed by atoms with Crippen molar-refractivity contribution < 1.29 is 9.18 Å². The Hall–Kier alpha value is -2.70. The second-order valence-corrected chi connectivity index (χ2v) is 7.86. The largest absolute Gasteiger partial charge is 0.326 e. The average Bonchev–Trinajstić information content (AvgIpc) is 3.25. The summed E-state index contributed by atoms with van der Waals surface area (Å²) in [6.45, 7) is 4.17. The van der Waals surface area contributed by atoms with Crippen LogP contribution in [0.1, 0.15) is 22.4 Å². The molecule has 0 saturated heterocycles. The second-order valence-electron chi connectivity index (χ2n) is 5.80. The first kappa shape index (κ1) is 19.1. The van der Waals surface area contributed by atoms with Crippen LogP contribution in [0.2, 0.25) is 0 Å². The lowest BCUT2D eigenvalue weighted by atomic mass is 10.2. The molecular formula is C18H16FN5OS2. The molecule has 6 nitrogen and oxygen atoms in total. The van der Waals surface area contributed by atoms with Crippen molar-refractivity contribution in [3.05, 3.63) is 58.0 Å². The number of carbonyl (C=O) groups excluding carboxylic acids is 1. The number of anilines is 1. The lowest BCUT2D eigenvalue weighted by molar-refractivity contribution is -0.113. The van der Waals surface area contributed by atoms with Crippen molar-refractivity contribution in [3.63, 3.8) is 0 Å². The molecule has 138 valence electrons. The summed E-state index contributed by atoms with van der Waals surface area (Å²) in [7, 11) is 0. The summed E-state index contributed by atoms with van der Waals surface area (Å²) in [6, 6.07) is 8.33. The van der Waals surface area contributed by atoms with Crippen LogP contribution in [0.25, 0.3) is 0 Å². The van der Waals surface area contributed by atoms with Gasteiger partial charge in [0.15, 0.2) is 4.34 Å². The van der Waals surface area contributed by atoms with Crippen LogP contribution in [0.3, 0.4) is 0 Å². The van der Waals surface area contributed by atoms with E-state index in [1.54, 1.807) is 17.6 Å². The Bertz CT molecular complexity index is 990. The number of benzene rings is 1. The Morgan fingerprint density at radius 1 is 1.37 bits per heavy atom. The maximum Gasteiger partial charge on any atom is 0.235 e. The fourth-order valence-corrected chi connectivity index (χ4v) is 3.91. The van der Waals surface area contributed by atoms with E-state index in [-0.39, 0.29) is 17.5 Å². The smallest absolute Gasteiger partial charge is 0.235 e. The molecule has 27 heavy (non-hydrogen) atoms. The van der Waals surface area contributed by atoms with Gasteiger partial charge in [-0.2, -0.15) is 5.26 Å². The SMILES string of the molecule is Cc1c(C#N)c(NC(=O)CSc2nncs2)n(Cc2ccc(F)cc2)c1C. The van der Waals surface area contributed by atoms with Gasteiger partial charge in [-0.05, 0) is 37.1 Å². The minimum absolute atomic E-state index is 0.167. The summed E-state index contributed by atoms with van der Waals surface area (Å²) in [5.74, 6) is 0.0863. The number of carbonyl (C=O) groups is 1. The molecule has 1 aromatic carbocycles. The van der Waals surface area contributed by atoms with Gasteiger partial charge < -0.3 is 9.88 Å². The van der Waals surface area contributed by atoms with E-state index in [1.165, 1.54) is 35.2 Å². The highest BCUT2D eigenvalue weighted by Crippen LogP contribution is 2.28. The normalized spacial score (nSPS) is 10.6. The third-order valence-electron chi connectivity index (χ3n) is 4.12. The first-order chi connectivity index (χ1) is 13.0. The van der Waals surface area contributed by atoms with Crippen LogP contribution < -0.4 is 5.32 Å². The number of hydrogen-bond donors (Lipinski definition) is 1. The zero-order valence-electron chi connectivity index (χ0n) is 14.7. The number of rotatable bonds is 6. The summed E-state index contributed by atoms with van der Waals surface area (Å²) in [4.78, 5) is 12.4. The predicted molar refractivity (Wildman–Crippen MR) is 103 cm³/mol. The fraction of sp³-hybridized carbons (Fsp3) is 0.222. The Morgan fingerprint density at radius 3 is 2.74 bits per heavy atom. The average molecular weight is 401 g/mol. The van der Waals surface area contributed by atoms with Crippen molar-refractivity contribution in [2.45, 2.75) is 24.7 Å². The minimum atomic E-state index is -0.306. The molecule has 0 aliphatic rings. The van der Waals surface area contributed by atoms with Gasteiger partial charge in [-0.25, -0.2) is 4.39 Å². The number of hydrogen-bond acceptors (Lipinski definition) is 6. The van der Waals surface area contributed by atoms with Crippen molar-refractivity contribution in [2.24, 2.45) is 0 Å². The molecule has 2 heterocycles. The van der Waals surface area contributed by atoms with Crippen LogP contribution in [0.15, 0.2) is 34.1 Å². The third-order valence-corrected chi connectivity index (χ3v) is 5.98. The van der Waals surface area contributed by atoms with Gasteiger partial charge in [-0.15, -0.1) is 10.2 Å². The number of nitriles is 1. The zero-order chi connectivity index (χ0) is 19.4. The summed E-state index contributed by atoms with van der Waals surface area (Å²) in [5.41, 5.74) is 4.60. The van der Waals surface area contributed by atoms with E-state index in [0.29, 0.717) is 22.3 Å². The van der Waals surface area contributed by atoms with Crippen LogP contribution in [0.4, 0.5) is 10.2 Å². The molecule has 0 spiro atoms. The Balaban J connectivity index is 1.84. The number of aromatic nitrogens is 3. The molecule has 0 unspecified atom stereocenters. The van der Waals surface area contributed by atoms with Gasteiger partial charge in [0.2, 0.25) is 5.91 Å². The van der Waals surface area contributed by atoms with Crippen LogP contribution in [0, 0.1) is 31.0 Å². The van der Waals surface area contributed by atoms with Crippen molar-refractivity contribution >= 4 is 34.8 Å². The number of nitrogens with one attached hydrogen (secondary N) is 1. The number of nitrogens with zero attached hydrogens (tertiary/aromatic N) is 4. The van der Waals surface area contributed by atoms with Gasteiger partial charge in [0.25, 0.3) is 0 Å². The summed E-state index contributed by atoms with van der Waals surface area (Å²) >= 11 is 2.65. The van der Waals surface area contributed by atoms with Crippen molar-refractivity contribution in [1.29, 1.82) is 5.26 Å². The van der Waals surface area contributed by atoms with Crippen LogP contribution >= 0.6 is 23.1 Å². The monoisotopic (exact) mass is 401 g/mol. The van der Waals surface area contributed by atoms with Crippen molar-refractivity contribution in [2.75, 3.05) is 11.1 Å². The van der Waals surface area contributed by atoms with Gasteiger partial charge in [0.1, 0.15) is 23.2 Å². The highest BCUT2D eigenvalue weighted by atomic mass is 32.2. The maximum atomic E-state index is 13.2. The molecule has 0 atom stereocenters. The lowest BCUT2D eigenvalue weighted by Gasteiger charge is -2.13. The molecule has 2 aromatic heterocycles. The van der Waals surface area contributed by atoms with E-state index in [1.807, 2.05) is 18.4 Å². The molecular weight excluding hydrogens is 385 g/mol. The van der Waals surface area contributed by atoms with Crippen molar-refractivity contribution in [3.8, 4) is 6.07 Å². The van der Waals surface area contributed by atoms with Crippen molar-refractivity contribution in [1.82, 2.24) is 14.8 Å². The van der Waals surface area contributed by atoms with Crippen LogP contribution in [-0.2, 0) is 11.3 Å². The van der Waals surface area contributed by atoms with Crippen LogP contribution in [-0.4, -0.2) is 26.4 Å². The molecule has 1 amide bonds. The number of halogens is 1. The highest BCUT2D eigenvalue weighted by molar-refractivity contribution is 8.01. The Kier molecular flexibility index (Phi) is 5.88. The third kappa shape index (κ3) is 4.35. The summed E-state index contributed by atoms with van der Waals surface area (Å²) < 4.78 is 15.7. The quantitative estimate of drug-likeness (QED) is 0.636. The molecule has 0 radical (unpaired) electrons. The Labute approximate surface area is 164 Å². The van der Waals surface area contributed by atoms with E-state index >= 15 is 0 Å². The first-order valence-corrected chi connectivity index (χ1v) is 9.89. The maximum absolute atomic E-state index is 13.2. The molecule has 0 saturated carbocycles. The predicted octanol–water partition coefficient (Wildman–Crippen LogP) is 3.75. The molecule has 0 bridgehead atoms. The van der Waals surface area contributed by atoms with E-state index in [9.17, 15) is 14.4 Å². The van der Waals surface area contributed by atoms with E-state index in [0.717, 1.165) is 16.8 Å². The van der Waals surface area contributed by atoms with Gasteiger partial charge in [-0.3, -0.25) is 4.79 Å². The summed E-state index contributed by atoms with van der Waals surface area (Å²) in [6.07, 6.45) is 0. The molecule has 0 fully saturated rings. The fourth-order valence-electron chi connectivity index (χ4n) is 2.62. The first-order valence-electron chi connectivity index (χ1n) is 8.02. The topological polar surface area (TPSA) is 83.6 Å². The van der Waals surface area contributed by atoms with Gasteiger partial charge in [-0.1, -0.05) is 35.2 Å². The second kappa shape index (κ2) is 8.33. The Morgan fingerprint density at radius 2 is 2.11 bits per heavy atom. The zero-order valence-corrected chi connectivity index (χ0v) is 16.3. The van der Waals surface area contributed by atoms with E-state index in [2.05, 4.69) is 21.6 Å². The molecule has 3 aromatic rings. The molecule has 9 heteroatoms. The lowest BCUT2D eigenvalue weighted by Crippen LogP contribution is -2.18. The standard InChI is InChI=1S/C18H16FN5OS2/c1-11-12(2)24(8-13-3-5-14(19)6-4-13)17(15(11)7-20)22-16(25)9-26-18-23-21-10-27-18/h3-6,10H,8-9H2,1-2H3,(H,22,25). The molecule has 0 aliphatic heterocycles. The van der Waals surface area contributed by atoms with Crippen LogP contribution in [0.5, 0.6) is 0 Å². The van der Waals surface area contributed by atoms with Gasteiger partial charge in [0, 0.05) is 12.2 Å². The molecule has 3 rings (SSSR count). The molecule has 1 N–H and O–H groups in total. The minimum Gasteiger partial charge on any atom is -0.326 e. The number of amides is 1. The molecule has 0 aliphatic carbocycles. The van der Waals surface area contributed by atoms with Gasteiger partial charge in [0.05, 0.1) is 11.3 Å².